The third-order valence-electron chi connectivity index (χ3n) is 17.5. The van der Waals surface area contributed by atoms with Gasteiger partial charge in [-0.3, -0.25) is 0 Å². The molecule has 13 heteroatoms. The maximum Gasteiger partial charge on any atom is 0.192 e. The van der Waals surface area contributed by atoms with E-state index in [1.807, 2.05) is 36.4 Å². The molecule has 4 aliphatic heterocycles. The zero-order chi connectivity index (χ0) is 57.3. The monoisotopic (exact) mass is 1260 g/mol. The first kappa shape index (κ1) is 61.2. The van der Waals surface area contributed by atoms with Gasteiger partial charge >= 0.3 is 0 Å². The van der Waals surface area contributed by atoms with Crippen molar-refractivity contribution < 1.29 is 47.1 Å². The van der Waals surface area contributed by atoms with Crippen LogP contribution in [0.25, 0.3) is 10.8 Å². The second-order valence-electron chi connectivity index (χ2n) is 24.8. The van der Waals surface area contributed by atoms with Crippen molar-refractivity contribution in [1.82, 2.24) is 0 Å². The van der Waals surface area contributed by atoms with Crippen molar-refractivity contribution in [2.24, 2.45) is 5.92 Å². The normalized spacial score (nSPS) is 29.5. The summed E-state index contributed by atoms with van der Waals surface area (Å²) in [5, 5.41) is 2.20. The van der Waals surface area contributed by atoms with Crippen molar-refractivity contribution in [3.63, 3.8) is 0 Å². The molecule has 6 aromatic carbocycles. The number of halogens is 2. The predicted molar refractivity (Wildman–Crippen MR) is 333 cm³/mol. The Balaban J connectivity index is 0.992. The Kier molecular flexibility index (Phi) is 21.0. The van der Waals surface area contributed by atoms with E-state index in [9.17, 15) is 0 Å². The first-order valence-electron chi connectivity index (χ1n) is 29.6. The first-order chi connectivity index (χ1) is 39.5. The van der Waals surface area contributed by atoms with E-state index in [4.69, 9.17) is 47.1 Å². The molecule has 0 amide bonds. The maximum atomic E-state index is 7.71. The number of hydrogen-bond donors (Lipinski definition) is 0. The third kappa shape index (κ3) is 15.9. The Labute approximate surface area is 505 Å². The Morgan fingerprint density at radius 1 is 0.549 bits per heavy atom. The van der Waals surface area contributed by atoms with E-state index in [-0.39, 0.29) is 47.6 Å². The SMILES string of the molecule is C[C@@H]1C[C@H](OCc2ccc(Br)cc2)[C@@H](COCc2ccc(Br)cc2)O[C@H]2C[C@@H]3O[C@@H](c4ccc5ccccc5c4)O[C@@H](C[C@H]4O[C@@H](COCc5ccccc5)[C@H](OCc5ccccc5)C/C=C\C[C@@H]4O[Si](C)(C)C(C)(C)C)[C@]3(C)O[C@@H]2C1. The van der Waals surface area contributed by atoms with Crippen LogP contribution in [0, 0.1) is 5.92 Å². The first-order valence-corrected chi connectivity index (χ1v) is 34.1. The van der Waals surface area contributed by atoms with Crippen LogP contribution < -0.4 is 0 Å². The van der Waals surface area contributed by atoms with Gasteiger partial charge in [-0.1, -0.05) is 193 Å². The minimum atomic E-state index is -2.40. The second kappa shape index (κ2) is 28.1. The standard InChI is InChI=1S/C69H84Br2O10Si/c1-47-36-59(75-44-51-28-34-56(71)35-29-51)64(46-73-42-50-26-32-55(70)33-27-50)77-61-40-66-69(5,80-62(61)37-47)65(78-67(79-66)54-31-30-52-22-14-15-23-53(52)38-54)39-60-58(81-82(6,7)68(2,3)4)25-17-16-24-57(74-43-49-20-12-9-13-21-49)63(76-60)45-72-41-48-18-10-8-11-19-48/h8-23,26-35,38,47,57-67H,24-25,36-37,39-46H2,1-7H3/b17-16-/t47-,57-,58+,59+,60-,61+,62-,63+,64-,65+,66+,67+,69+/m1/s1. The molecule has 0 aliphatic carbocycles. The molecule has 10 rings (SSSR count). The van der Waals surface area contributed by atoms with Crippen LogP contribution >= 0.6 is 31.9 Å². The lowest BCUT2D eigenvalue weighted by atomic mass is 9.78. The number of rotatable bonds is 19. The zero-order valence-electron chi connectivity index (χ0n) is 48.8. The average molecular weight is 1260 g/mol. The van der Waals surface area contributed by atoms with E-state index in [0.717, 1.165) is 60.4 Å². The van der Waals surface area contributed by atoms with Crippen molar-refractivity contribution in [2.45, 2.75) is 191 Å². The summed E-state index contributed by atoms with van der Waals surface area (Å²) in [6, 6.07) is 52.2. The highest BCUT2D eigenvalue weighted by Gasteiger charge is 2.58. The van der Waals surface area contributed by atoms with E-state index in [1.54, 1.807) is 0 Å². The molecule has 4 aliphatic rings. The molecule has 0 unspecified atom stereocenters. The van der Waals surface area contributed by atoms with E-state index < -0.39 is 44.6 Å². The molecule has 0 bridgehead atoms. The molecule has 0 N–H and O–H groups in total. The molecule has 0 spiro atoms. The second-order valence-corrected chi connectivity index (χ2v) is 31.4. The predicted octanol–water partition coefficient (Wildman–Crippen LogP) is 16.4. The molecular weight excluding hydrogens is 1180 g/mol. The average Bonchev–Trinajstić information content (AvgIpc) is 3.62. The van der Waals surface area contributed by atoms with E-state index in [0.29, 0.717) is 65.3 Å². The van der Waals surface area contributed by atoms with Gasteiger partial charge in [0.1, 0.15) is 17.8 Å². The Hall–Kier alpha value is -3.90. The van der Waals surface area contributed by atoms with Crippen molar-refractivity contribution in [3.05, 3.63) is 201 Å². The van der Waals surface area contributed by atoms with Gasteiger partial charge in [-0.15, -0.1) is 0 Å². The highest BCUT2D eigenvalue weighted by atomic mass is 79.9. The molecule has 13 atom stereocenters. The Bertz CT molecular complexity index is 2960. The summed E-state index contributed by atoms with van der Waals surface area (Å²) < 4.78 is 74.3. The number of hydrogen-bond acceptors (Lipinski definition) is 10. The summed E-state index contributed by atoms with van der Waals surface area (Å²) in [6.45, 7) is 18.5. The third-order valence-corrected chi connectivity index (χ3v) is 23.1. The minimum absolute atomic E-state index is 0.0616. The van der Waals surface area contributed by atoms with Gasteiger partial charge in [0, 0.05) is 27.4 Å². The lowest BCUT2D eigenvalue weighted by molar-refractivity contribution is -0.376. The van der Waals surface area contributed by atoms with Gasteiger partial charge in [0.2, 0.25) is 0 Å². The van der Waals surface area contributed by atoms with Gasteiger partial charge in [-0.25, -0.2) is 0 Å². The molecule has 0 aromatic heterocycles. The van der Waals surface area contributed by atoms with Crippen LogP contribution in [0.3, 0.4) is 0 Å². The largest absolute Gasteiger partial charge is 0.411 e. The fourth-order valence-corrected chi connectivity index (χ4v) is 13.6. The smallest absolute Gasteiger partial charge is 0.192 e. The van der Waals surface area contributed by atoms with Crippen molar-refractivity contribution in [1.29, 1.82) is 0 Å². The maximum absolute atomic E-state index is 7.71. The number of benzene rings is 6. The molecule has 0 saturated carbocycles. The van der Waals surface area contributed by atoms with Gasteiger partial charge in [0.25, 0.3) is 0 Å². The van der Waals surface area contributed by atoms with Crippen LogP contribution in [0.5, 0.6) is 0 Å². The summed E-state index contributed by atoms with van der Waals surface area (Å²) in [5.74, 6) is 0.228. The molecule has 10 nitrogen and oxygen atoms in total. The number of ether oxygens (including phenoxy) is 9. The molecular formula is C69H84Br2O10Si. The van der Waals surface area contributed by atoms with Crippen LogP contribution in [0.4, 0.5) is 0 Å². The molecule has 3 fully saturated rings. The van der Waals surface area contributed by atoms with Crippen LogP contribution in [0.2, 0.25) is 18.1 Å². The summed E-state index contributed by atoms with van der Waals surface area (Å²) in [6.07, 6.45) is 3.98. The summed E-state index contributed by atoms with van der Waals surface area (Å²) in [7, 11) is -2.40. The van der Waals surface area contributed by atoms with E-state index in [1.165, 1.54) is 0 Å². The molecule has 6 aromatic rings. The van der Waals surface area contributed by atoms with Gasteiger partial charge < -0.3 is 47.1 Å². The van der Waals surface area contributed by atoms with Crippen LogP contribution in [0.1, 0.15) is 107 Å². The van der Waals surface area contributed by atoms with Gasteiger partial charge in [-0.2, -0.15) is 0 Å². The quantitative estimate of drug-likeness (QED) is 0.0577. The van der Waals surface area contributed by atoms with Crippen molar-refractivity contribution >= 4 is 50.9 Å². The van der Waals surface area contributed by atoms with Crippen LogP contribution in [-0.4, -0.2) is 88.2 Å². The van der Waals surface area contributed by atoms with Crippen LogP contribution in [0.15, 0.2) is 173 Å². The summed E-state index contributed by atoms with van der Waals surface area (Å²) in [5.41, 5.74) is 4.40. The number of fused-ring (bicyclic) bond motifs is 3. The lowest BCUT2D eigenvalue weighted by Gasteiger charge is -2.57. The van der Waals surface area contributed by atoms with Gasteiger partial charge in [-0.05, 0) is 120 Å². The fraction of sp³-hybridized carbons (Fsp3) is 0.478. The van der Waals surface area contributed by atoms with Crippen molar-refractivity contribution in [2.75, 3.05) is 13.2 Å². The van der Waals surface area contributed by atoms with E-state index in [2.05, 4.69) is 207 Å². The molecule has 438 valence electrons. The Morgan fingerprint density at radius 3 is 1.73 bits per heavy atom. The minimum Gasteiger partial charge on any atom is -0.411 e. The van der Waals surface area contributed by atoms with Gasteiger partial charge in [0.05, 0.1) is 88.5 Å². The summed E-state index contributed by atoms with van der Waals surface area (Å²) >= 11 is 7.19. The van der Waals surface area contributed by atoms with Crippen molar-refractivity contribution in [3.8, 4) is 0 Å². The highest BCUT2D eigenvalue weighted by molar-refractivity contribution is 9.10. The van der Waals surface area contributed by atoms with Crippen LogP contribution in [-0.2, 0) is 73.5 Å². The molecule has 0 radical (unpaired) electrons. The fourth-order valence-electron chi connectivity index (χ4n) is 11.7. The molecule has 3 saturated heterocycles. The highest BCUT2D eigenvalue weighted by Crippen LogP contribution is 2.49. The van der Waals surface area contributed by atoms with E-state index >= 15 is 0 Å². The topological polar surface area (TPSA) is 92.3 Å². The molecule has 4 heterocycles. The van der Waals surface area contributed by atoms with Gasteiger partial charge in [0.15, 0.2) is 14.6 Å². The zero-order valence-corrected chi connectivity index (χ0v) is 53.0. The Morgan fingerprint density at radius 2 is 1.10 bits per heavy atom. The molecule has 82 heavy (non-hydrogen) atoms. The lowest BCUT2D eigenvalue weighted by Crippen LogP contribution is -2.67. The summed E-state index contributed by atoms with van der Waals surface area (Å²) in [4.78, 5) is 0.